The van der Waals surface area contributed by atoms with Gasteiger partial charge in [-0.3, -0.25) is 0 Å². The number of hydrogen-bond donors (Lipinski definition) is 2. The van der Waals surface area contributed by atoms with Crippen LogP contribution in [0.1, 0.15) is 45.9 Å². The number of fused-ring (bicyclic) bond motifs is 1. The van der Waals surface area contributed by atoms with Crippen molar-refractivity contribution in [2.45, 2.75) is 18.9 Å². The number of nitrogens with one attached hydrogen (secondary N) is 1. The highest BCUT2D eigenvalue weighted by Gasteiger charge is 2.36. The van der Waals surface area contributed by atoms with E-state index < -0.39 is 5.97 Å². The largest absolute Gasteiger partial charge is 0.493 e. The summed E-state index contributed by atoms with van der Waals surface area (Å²) in [4.78, 5) is 11.6. The van der Waals surface area contributed by atoms with E-state index in [1.807, 2.05) is 48.5 Å². The van der Waals surface area contributed by atoms with Crippen molar-refractivity contribution in [1.29, 1.82) is 0 Å². The summed E-state index contributed by atoms with van der Waals surface area (Å²) >= 11 is 6.10. The zero-order valence-corrected chi connectivity index (χ0v) is 18.3. The highest BCUT2D eigenvalue weighted by Crippen LogP contribution is 2.49. The summed E-state index contributed by atoms with van der Waals surface area (Å²) in [6.45, 7) is 2.17. The molecule has 5 nitrogen and oxygen atoms in total. The van der Waals surface area contributed by atoms with Crippen molar-refractivity contribution in [3.8, 4) is 11.5 Å². The molecule has 160 valence electrons. The number of halogens is 1. The van der Waals surface area contributed by atoms with Crippen molar-refractivity contribution in [1.82, 2.24) is 0 Å². The molecule has 0 saturated heterocycles. The van der Waals surface area contributed by atoms with Crippen LogP contribution in [0.3, 0.4) is 0 Å². The van der Waals surface area contributed by atoms with Gasteiger partial charge in [0.05, 0.1) is 25.8 Å². The second kappa shape index (κ2) is 8.52. The Bertz CT molecular complexity index is 1110. The number of benzene rings is 3. The van der Waals surface area contributed by atoms with Gasteiger partial charge in [0.25, 0.3) is 0 Å². The average Bonchev–Trinajstić information content (AvgIpc) is 2.78. The molecule has 2 N–H and O–H groups in total. The summed E-state index contributed by atoms with van der Waals surface area (Å²) in [5.74, 6) is 0.430. The maximum Gasteiger partial charge on any atom is 0.335 e. The fraction of sp³-hybridized carbons (Fsp3) is 0.240. The zero-order chi connectivity index (χ0) is 22.1. The molecule has 6 heteroatoms. The molecule has 0 fully saturated rings. The number of aromatic carboxylic acids is 1. The minimum absolute atomic E-state index is 0.0264. The predicted molar refractivity (Wildman–Crippen MR) is 122 cm³/mol. The standard InChI is InChI=1S/C25H24ClNO4/c1-14-23(16-7-11-21(30-2)22(13-16)31-3)19-12-17(25(28)29)6-10-20(19)27-24(14)15-4-8-18(26)9-5-15/h4-14,23-24,27H,1-3H3,(H,28,29)/t14-,23+,24+/m0/s1. The molecule has 0 unspecified atom stereocenters. The lowest BCUT2D eigenvalue weighted by molar-refractivity contribution is 0.0696. The number of methoxy groups -OCH3 is 2. The molecular formula is C25H24ClNO4. The molecule has 31 heavy (non-hydrogen) atoms. The number of ether oxygens (including phenoxy) is 2. The van der Waals surface area contributed by atoms with E-state index in [-0.39, 0.29) is 23.4 Å². The number of hydrogen-bond acceptors (Lipinski definition) is 4. The molecule has 3 aromatic rings. The monoisotopic (exact) mass is 437 g/mol. The lowest BCUT2D eigenvalue weighted by Crippen LogP contribution is -2.30. The fourth-order valence-electron chi connectivity index (χ4n) is 4.45. The second-order valence-electron chi connectivity index (χ2n) is 7.73. The Labute approximate surface area is 186 Å². The molecule has 0 aromatic heterocycles. The van der Waals surface area contributed by atoms with E-state index in [0.717, 1.165) is 22.4 Å². The van der Waals surface area contributed by atoms with E-state index in [2.05, 4.69) is 12.2 Å². The summed E-state index contributed by atoms with van der Waals surface area (Å²) in [6, 6.07) is 19.0. The number of anilines is 1. The van der Waals surface area contributed by atoms with Crippen molar-refractivity contribution in [2.24, 2.45) is 5.92 Å². The van der Waals surface area contributed by atoms with E-state index in [1.54, 1.807) is 26.4 Å². The molecule has 0 saturated carbocycles. The Morgan fingerprint density at radius 2 is 1.61 bits per heavy atom. The predicted octanol–water partition coefficient (Wildman–Crippen LogP) is 5.99. The molecule has 1 aliphatic rings. The van der Waals surface area contributed by atoms with Crippen molar-refractivity contribution in [3.05, 3.63) is 87.9 Å². The van der Waals surface area contributed by atoms with Crippen LogP contribution in [-0.2, 0) is 0 Å². The van der Waals surface area contributed by atoms with Gasteiger partial charge in [-0.1, -0.05) is 36.7 Å². The maximum absolute atomic E-state index is 11.6. The SMILES string of the molecule is COc1ccc([C@@H]2c3cc(C(=O)O)ccc3N[C@@H](c3ccc(Cl)cc3)[C@H]2C)cc1OC. The summed E-state index contributed by atoms with van der Waals surface area (Å²) in [5, 5.41) is 13.8. The van der Waals surface area contributed by atoms with Crippen molar-refractivity contribution < 1.29 is 19.4 Å². The van der Waals surface area contributed by atoms with Crippen molar-refractivity contribution >= 4 is 23.3 Å². The average molecular weight is 438 g/mol. The van der Waals surface area contributed by atoms with Crippen LogP contribution in [0.4, 0.5) is 5.69 Å². The van der Waals surface area contributed by atoms with Crippen molar-refractivity contribution in [3.63, 3.8) is 0 Å². The Kier molecular flexibility index (Phi) is 5.79. The minimum atomic E-state index is -0.943. The van der Waals surface area contributed by atoms with Gasteiger partial charge < -0.3 is 19.9 Å². The number of carbonyl (C=O) groups is 1. The summed E-state index contributed by atoms with van der Waals surface area (Å²) < 4.78 is 10.9. The Balaban J connectivity index is 1.87. The number of carboxylic acids is 1. The zero-order valence-electron chi connectivity index (χ0n) is 17.6. The number of carboxylic acid groups (broad SMARTS) is 1. The second-order valence-corrected chi connectivity index (χ2v) is 8.17. The molecule has 1 aliphatic heterocycles. The van der Waals surface area contributed by atoms with Crippen LogP contribution in [0.15, 0.2) is 60.7 Å². The third-order valence-corrected chi connectivity index (χ3v) is 6.24. The van der Waals surface area contributed by atoms with Crippen LogP contribution in [-0.4, -0.2) is 25.3 Å². The van der Waals surface area contributed by atoms with Crippen LogP contribution >= 0.6 is 11.6 Å². The third-order valence-electron chi connectivity index (χ3n) is 5.99. The van der Waals surface area contributed by atoms with E-state index in [9.17, 15) is 9.90 Å². The van der Waals surface area contributed by atoms with Gasteiger partial charge in [-0.25, -0.2) is 4.79 Å². The molecule has 0 radical (unpaired) electrons. The molecule has 0 amide bonds. The minimum Gasteiger partial charge on any atom is -0.493 e. The molecule has 0 aliphatic carbocycles. The molecule has 1 heterocycles. The van der Waals surface area contributed by atoms with Gasteiger partial charge in [0.2, 0.25) is 0 Å². The molecular weight excluding hydrogens is 414 g/mol. The summed E-state index contributed by atoms with van der Waals surface area (Å²) in [6.07, 6.45) is 0. The van der Waals surface area contributed by atoms with Crippen LogP contribution in [0.2, 0.25) is 5.02 Å². The molecule has 3 atom stereocenters. The smallest absolute Gasteiger partial charge is 0.335 e. The lowest BCUT2D eigenvalue weighted by Gasteiger charge is -2.40. The van der Waals surface area contributed by atoms with Gasteiger partial charge in [0.15, 0.2) is 11.5 Å². The molecule has 4 rings (SSSR count). The van der Waals surface area contributed by atoms with Crippen LogP contribution in [0.5, 0.6) is 11.5 Å². The van der Waals surface area contributed by atoms with E-state index in [1.165, 1.54) is 0 Å². The topological polar surface area (TPSA) is 67.8 Å². The van der Waals surface area contributed by atoms with Gasteiger partial charge in [0, 0.05) is 16.6 Å². The fourth-order valence-corrected chi connectivity index (χ4v) is 4.57. The van der Waals surface area contributed by atoms with Crippen LogP contribution in [0.25, 0.3) is 0 Å². The highest BCUT2D eigenvalue weighted by atomic mass is 35.5. The lowest BCUT2D eigenvalue weighted by atomic mass is 9.72. The molecule has 3 aromatic carbocycles. The van der Waals surface area contributed by atoms with Gasteiger partial charge in [-0.15, -0.1) is 0 Å². The van der Waals surface area contributed by atoms with E-state index in [4.69, 9.17) is 21.1 Å². The van der Waals surface area contributed by atoms with Gasteiger partial charge >= 0.3 is 5.97 Å². The first-order valence-corrected chi connectivity index (χ1v) is 10.4. The third kappa shape index (κ3) is 3.93. The first-order chi connectivity index (χ1) is 14.9. The summed E-state index contributed by atoms with van der Waals surface area (Å²) in [7, 11) is 3.22. The molecule has 0 bridgehead atoms. The van der Waals surface area contributed by atoms with Crippen LogP contribution in [0, 0.1) is 5.92 Å². The normalized spacial score (nSPS) is 19.8. The first kappa shape index (κ1) is 21.1. The highest BCUT2D eigenvalue weighted by molar-refractivity contribution is 6.30. The maximum atomic E-state index is 11.6. The first-order valence-electron chi connectivity index (χ1n) is 10.0. The number of rotatable bonds is 5. The Hall–Kier alpha value is -3.18. The Morgan fingerprint density at radius 1 is 0.935 bits per heavy atom. The molecule has 0 spiro atoms. The quantitative estimate of drug-likeness (QED) is 0.513. The Morgan fingerprint density at radius 3 is 2.26 bits per heavy atom. The van der Waals surface area contributed by atoms with Crippen molar-refractivity contribution in [2.75, 3.05) is 19.5 Å². The van der Waals surface area contributed by atoms with Gasteiger partial charge in [0.1, 0.15) is 0 Å². The van der Waals surface area contributed by atoms with Gasteiger partial charge in [-0.2, -0.15) is 0 Å². The van der Waals surface area contributed by atoms with Gasteiger partial charge in [-0.05, 0) is 65.1 Å². The van der Waals surface area contributed by atoms with E-state index >= 15 is 0 Å². The van der Waals surface area contributed by atoms with E-state index in [0.29, 0.717) is 16.5 Å². The van der Waals surface area contributed by atoms with Crippen LogP contribution < -0.4 is 14.8 Å². The summed E-state index contributed by atoms with van der Waals surface area (Å²) in [5.41, 5.74) is 4.29.